The molecule has 1 aliphatic rings. The molecule has 2 aromatic carbocycles. The molecule has 0 saturated carbocycles. The lowest BCUT2D eigenvalue weighted by molar-refractivity contribution is -0.122. The maximum Gasteiger partial charge on any atom is 0.270 e. The highest BCUT2D eigenvalue weighted by Gasteiger charge is 2.34. The Morgan fingerprint density at radius 1 is 1.19 bits per heavy atom. The number of methoxy groups -OCH3 is 1. The fraction of sp³-hybridized carbons (Fsp3) is 0.0556. The smallest absolute Gasteiger partial charge is 0.270 e. The lowest BCUT2D eigenvalue weighted by atomic mass is 10.1. The first-order valence-corrected chi connectivity index (χ1v) is 9.28. The van der Waals surface area contributed by atoms with Crippen molar-refractivity contribution in [3.8, 4) is 5.75 Å². The Kier molecular flexibility index (Phi) is 5.59. The number of benzene rings is 2. The first kappa shape index (κ1) is 18.8. The van der Waals surface area contributed by atoms with Crippen molar-refractivity contribution in [2.45, 2.75) is 0 Å². The van der Waals surface area contributed by atoms with E-state index in [1.54, 1.807) is 43.5 Å². The van der Waals surface area contributed by atoms with Gasteiger partial charge in [0.15, 0.2) is 5.11 Å². The molecule has 0 bridgehead atoms. The molecule has 3 rings (SSSR count). The van der Waals surface area contributed by atoms with Gasteiger partial charge in [-0.15, -0.1) is 0 Å². The molecule has 0 atom stereocenters. The molecule has 0 spiro atoms. The lowest BCUT2D eigenvalue weighted by Gasteiger charge is -2.29. The molecule has 132 valence electrons. The number of thiocarbonyl (C=S) groups is 1. The van der Waals surface area contributed by atoms with Gasteiger partial charge in [-0.3, -0.25) is 19.8 Å². The summed E-state index contributed by atoms with van der Waals surface area (Å²) in [7, 11) is 1.58. The predicted octanol–water partition coefficient (Wildman–Crippen LogP) is 3.78. The molecule has 8 heteroatoms. The number of carbonyl (C=O) groups is 2. The van der Waals surface area contributed by atoms with Crippen molar-refractivity contribution < 1.29 is 14.3 Å². The molecule has 0 aromatic heterocycles. The monoisotopic (exact) mass is 498 g/mol. The second-order valence-electron chi connectivity index (χ2n) is 5.33. The van der Waals surface area contributed by atoms with Crippen LogP contribution in [-0.4, -0.2) is 24.0 Å². The first-order valence-electron chi connectivity index (χ1n) is 7.41. The van der Waals surface area contributed by atoms with Gasteiger partial charge in [-0.05, 0) is 82.8 Å². The summed E-state index contributed by atoms with van der Waals surface area (Å²) in [6.07, 6.45) is 1.53. The number of halogens is 2. The SMILES string of the molecule is COc1ccc(/C=C2\C(=O)NC(=S)N(c3ccc(Cl)cc3)C2=O)cc1I. The van der Waals surface area contributed by atoms with Gasteiger partial charge in [0.2, 0.25) is 0 Å². The van der Waals surface area contributed by atoms with Gasteiger partial charge < -0.3 is 4.74 Å². The van der Waals surface area contributed by atoms with Crippen molar-refractivity contribution in [3.05, 3.63) is 62.2 Å². The molecule has 0 radical (unpaired) electrons. The summed E-state index contributed by atoms with van der Waals surface area (Å²) in [5.74, 6) is -0.306. The maximum absolute atomic E-state index is 12.9. The fourth-order valence-corrected chi connectivity index (χ4v) is 3.59. The summed E-state index contributed by atoms with van der Waals surface area (Å²) in [4.78, 5) is 26.5. The van der Waals surface area contributed by atoms with Crippen LogP contribution in [0.1, 0.15) is 5.56 Å². The molecule has 26 heavy (non-hydrogen) atoms. The van der Waals surface area contributed by atoms with Crippen LogP contribution in [0.4, 0.5) is 5.69 Å². The van der Waals surface area contributed by atoms with Crippen molar-refractivity contribution in [1.82, 2.24) is 5.32 Å². The molecule has 1 saturated heterocycles. The summed E-state index contributed by atoms with van der Waals surface area (Å²) < 4.78 is 6.09. The highest BCUT2D eigenvalue weighted by molar-refractivity contribution is 14.1. The number of hydrogen-bond acceptors (Lipinski definition) is 4. The van der Waals surface area contributed by atoms with E-state index in [0.29, 0.717) is 16.3 Å². The molecule has 2 amide bonds. The van der Waals surface area contributed by atoms with Crippen LogP contribution in [0.2, 0.25) is 5.02 Å². The van der Waals surface area contributed by atoms with Crippen molar-refractivity contribution >= 4 is 75.1 Å². The largest absolute Gasteiger partial charge is 0.496 e. The van der Waals surface area contributed by atoms with E-state index >= 15 is 0 Å². The molecule has 0 aliphatic carbocycles. The van der Waals surface area contributed by atoms with Gasteiger partial charge in [0, 0.05) is 5.02 Å². The van der Waals surface area contributed by atoms with Crippen LogP contribution < -0.4 is 15.0 Å². The van der Waals surface area contributed by atoms with Gasteiger partial charge >= 0.3 is 0 Å². The summed E-state index contributed by atoms with van der Waals surface area (Å²) in [5, 5.41) is 3.12. The van der Waals surface area contributed by atoms with Gasteiger partial charge in [0.25, 0.3) is 11.8 Å². The molecule has 1 N–H and O–H groups in total. The molecule has 1 fully saturated rings. The maximum atomic E-state index is 12.9. The molecular weight excluding hydrogens is 487 g/mol. The van der Waals surface area contributed by atoms with Crippen LogP contribution in [0.15, 0.2) is 48.0 Å². The van der Waals surface area contributed by atoms with Crippen LogP contribution in [-0.2, 0) is 9.59 Å². The van der Waals surface area contributed by atoms with Crippen molar-refractivity contribution in [2.75, 3.05) is 12.0 Å². The second-order valence-corrected chi connectivity index (χ2v) is 7.31. The molecule has 2 aromatic rings. The van der Waals surface area contributed by atoms with E-state index in [-0.39, 0.29) is 10.7 Å². The zero-order chi connectivity index (χ0) is 18.8. The highest BCUT2D eigenvalue weighted by Crippen LogP contribution is 2.26. The summed E-state index contributed by atoms with van der Waals surface area (Å²) in [6.45, 7) is 0. The Bertz CT molecular complexity index is 944. The molecule has 1 aliphatic heterocycles. The Labute approximate surface area is 174 Å². The normalized spacial score (nSPS) is 16.0. The van der Waals surface area contributed by atoms with Crippen LogP contribution in [0.3, 0.4) is 0 Å². The standard InChI is InChI=1S/C18H12ClIN2O3S/c1-25-15-7-2-10(9-14(15)20)8-13-16(23)21-18(26)22(17(13)24)12-5-3-11(19)4-6-12/h2-9H,1H3,(H,21,23,26)/b13-8+. The number of rotatable bonds is 3. The Hall–Kier alpha value is -1.97. The minimum Gasteiger partial charge on any atom is -0.496 e. The van der Waals surface area contributed by atoms with Gasteiger partial charge in [-0.1, -0.05) is 17.7 Å². The number of amides is 2. The topological polar surface area (TPSA) is 58.6 Å². The summed E-state index contributed by atoms with van der Waals surface area (Å²) in [5.41, 5.74) is 1.23. The van der Waals surface area contributed by atoms with Crippen LogP contribution in [0, 0.1) is 3.57 Å². The van der Waals surface area contributed by atoms with E-state index in [9.17, 15) is 9.59 Å². The Balaban J connectivity index is 1.99. The van der Waals surface area contributed by atoms with E-state index in [1.807, 2.05) is 6.07 Å². The third kappa shape index (κ3) is 3.74. The van der Waals surface area contributed by atoms with Crippen LogP contribution in [0.5, 0.6) is 5.75 Å². The van der Waals surface area contributed by atoms with Gasteiger partial charge in [-0.25, -0.2) is 0 Å². The van der Waals surface area contributed by atoms with Crippen molar-refractivity contribution in [3.63, 3.8) is 0 Å². The number of carbonyl (C=O) groups excluding carboxylic acids is 2. The Morgan fingerprint density at radius 2 is 1.88 bits per heavy atom. The zero-order valence-electron chi connectivity index (χ0n) is 13.5. The highest BCUT2D eigenvalue weighted by atomic mass is 127. The van der Waals surface area contributed by atoms with Gasteiger partial charge in [0.1, 0.15) is 11.3 Å². The zero-order valence-corrected chi connectivity index (χ0v) is 17.2. The van der Waals surface area contributed by atoms with Gasteiger partial charge in [-0.2, -0.15) is 0 Å². The lowest BCUT2D eigenvalue weighted by Crippen LogP contribution is -2.54. The molecular formula is C18H12ClIN2O3S. The quantitative estimate of drug-likeness (QED) is 0.303. The second kappa shape index (κ2) is 7.73. The third-order valence-corrected chi connectivity index (χ3v) is 5.05. The van der Waals surface area contributed by atoms with Crippen molar-refractivity contribution in [2.24, 2.45) is 0 Å². The molecule has 5 nitrogen and oxygen atoms in total. The van der Waals surface area contributed by atoms with E-state index in [0.717, 1.165) is 9.32 Å². The Morgan fingerprint density at radius 3 is 2.50 bits per heavy atom. The van der Waals surface area contributed by atoms with E-state index < -0.39 is 11.8 Å². The molecule has 0 unspecified atom stereocenters. The van der Waals surface area contributed by atoms with E-state index in [2.05, 4.69) is 27.9 Å². The minimum absolute atomic E-state index is 0.00508. The summed E-state index contributed by atoms with van der Waals surface area (Å²) in [6, 6.07) is 12.0. The van der Waals surface area contributed by atoms with Crippen molar-refractivity contribution in [1.29, 1.82) is 0 Å². The van der Waals surface area contributed by atoms with Gasteiger partial charge in [0.05, 0.1) is 16.4 Å². The predicted molar refractivity (Wildman–Crippen MR) is 113 cm³/mol. The van der Waals surface area contributed by atoms with Crippen LogP contribution in [0.25, 0.3) is 6.08 Å². The number of hydrogen-bond donors (Lipinski definition) is 1. The molecule has 1 heterocycles. The summed E-state index contributed by atoms with van der Waals surface area (Å²) >= 11 is 13.2. The first-order chi connectivity index (χ1) is 12.4. The number of nitrogens with zero attached hydrogens (tertiary/aromatic N) is 1. The van der Waals surface area contributed by atoms with Crippen LogP contribution >= 0.6 is 46.4 Å². The number of ether oxygens (including phenoxy) is 1. The number of anilines is 1. The number of nitrogens with one attached hydrogen (secondary N) is 1. The fourth-order valence-electron chi connectivity index (χ4n) is 2.42. The minimum atomic E-state index is -0.531. The average Bonchev–Trinajstić information content (AvgIpc) is 2.60. The third-order valence-electron chi connectivity index (χ3n) is 3.67. The van der Waals surface area contributed by atoms with E-state index in [4.69, 9.17) is 28.6 Å². The van der Waals surface area contributed by atoms with E-state index in [1.165, 1.54) is 11.0 Å². The average molecular weight is 499 g/mol.